The Labute approximate surface area is 99.7 Å². The van der Waals surface area contributed by atoms with E-state index >= 15 is 0 Å². The second-order valence-corrected chi connectivity index (χ2v) is 5.17. The maximum Gasteiger partial charge on any atom is 0.305 e. The number of carboxylic acids is 1. The van der Waals surface area contributed by atoms with Crippen molar-refractivity contribution >= 4 is 21.7 Å². The van der Waals surface area contributed by atoms with E-state index < -0.39 is 16.0 Å². The number of benzene rings is 1. The maximum absolute atomic E-state index is 11.0. The third-order valence-electron chi connectivity index (χ3n) is 2.27. The number of sulfonamides is 1. The zero-order valence-corrected chi connectivity index (χ0v) is 10.1. The summed E-state index contributed by atoms with van der Waals surface area (Å²) >= 11 is 0. The maximum atomic E-state index is 11.0. The lowest BCUT2D eigenvalue weighted by atomic mass is 10.3. The first kappa shape index (κ1) is 13.5. The summed E-state index contributed by atoms with van der Waals surface area (Å²) < 4.78 is 22.0. The Morgan fingerprint density at radius 3 is 2.29 bits per heavy atom. The van der Waals surface area contributed by atoms with Crippen LogP contribution in [-0.4, -0.2) is 33.1 Å². The largest absolute Gasteiger partial charge is 0.481 e. The van der Waals surface area contributed by atoms with Crippen LogP contribution in [0.3, 0.4) is 0 Å². The molecule has 1 rings (SSSR count). The summed E-state index contributed by atoms with van der Waals surface area (Å²) in [5.74, 6) is -0.877. The molecule has 0 aliphatic rings. The molecule has 0 fully saturated rings. The van der Waals surface area contributed by atoms with Gasteiger partial charge in [-0.1, -0.05) is 0 Å². The van der Waals surface area contributed by atoms with Crippen LogP contribution in [0.15, 0.2) is 29.2 Å². The van der Waals surface area contributed by atoms with Gasteiger partial charge < -0.3 is 10.0 Å². The van der Waals surface area contributed by atoms with Crippen LogP contribution >= 0.6 is 0 Å². The summed E-state index contributed by atoms with van der Waals surface area (Å²) in [6.45, 7) is 0.351. The van der Waals surface area contributed by atoms with Crippen LogP contribution in [0.25, 0.3) is 0 Å². The summed E-state index contributed by atoms with van der Waals surface area (Å²) in [7, 11) is -1.95. The molecule has 0 amide bonds. The van der Waals surface area contributed by atoms with Crippen LogP contribution in [0.4, 0.5) is 5.69 Å². The smallest absolute Gasteiger partial charge is 0.305 e. The third kappa shape index (κ3) is 4.04. The van der Waals surface area contributed by atoms with Gasteiger partial charge in [-0.25, -0.2) is 13.6 Å². The van der Waals surface area contributed by atoms with E-state index in [1.165, 1.54) is 12.1 Å². The average Bonchev–Trinajstić information content (AvgIpc) is 2.25. The molecule has 3 N–H and O–H groups in total. The number of anilines is 1. The number of nitrogens with two attached hydrogens (primary N) is 1. The van der Waals surface area contributed by atoms with E-state index in [0.29, 0.717) is 6.54 Å². The normalized spacial score (nSPS) is 11.2. The van der Waals surface area contributed by atoms with Gasteiger partial charge >= 0.3 is 5.97 Å². The van der Waals surface area contributed by atoms with Crippen LogP contribution in [0.5, 0.6) is 0 Å². The van der Waals surface area contributed by atoms with E-state index in [1.807, 2.05) is 0 Å². The van der Waals surface area contributed by atoms with Gasteiger partial charge in [-0.15, -0.1) is 0 Å². The van der Waals surface area contributed by atoms with Gasteiger partial charge in [0.1, 0.15) is 0 Å². The molecule has 1 aromatic carbocycles. The first-order valence-electron chi connectivity index (χ1n) is 4.86. The summed E-state index contributed by atoms with van der Waals surface area (Å²) in [4.78, 5) is 12.2. The molecule has 17 heavy (non-hydrogen) atoms. The monoisotopic (exact) mass is 258 g/mol. The predicted molar refractivity (Wildman–Crippen MR) is 63.3 cm³/mol. The Balaban J connectivity index is 2.77. The molecular formula is C10H14N2O4S. The average molecular weight is 258 g/mol. The number of rotatable bonds is 5. The molecule has 7 heteroatoms. The van der Waals surface area contributed by atoms with Gasteiger partial charge in [0.25, 0.3) is 0 Å². The van der Waals surface area contributed by atoms with Crippen LogP contribution in [0, 0.1) is 0 Å². The molecule has 0 saturated heterocycles. The number of aliphatic carboxylic acids is 1. The fourth-order valence-corrected chi connectivity index (χ4v) is 1.80. The first-order chi connectivity index (χ1) is 7.80. The Kier molecular flexibility index (Phi) is 4.08. The number of carbonyl (C=O) groups is 1. The van der Waals surface area contributed by atoms with Crippen molar-refractivity contribution in [3.63, 3.8) is 0 Å². The SMILES string of the molecule is CN(CCC(=O)O)c1ccc(S(N)(=O)=O)cc1. The topological polar surface area (TPSA) is 101 Å². The van der Waals surface area contributed by atoms with Gasteiger partial charge in [-0.2, -0.15) is 0 Å². The minimum atomic E-state index is -3.68. The van der Waals surface area contributed by atoms with Crippen molar-refractivity contribution in [2.75, 3.05) is 18.5 Å². The molecule has 1 aromatic rings. The number of hydrogen-bond donors (Lipinski definition) is 2. The number of carboxylic acid groups (broad SMARTS) is 1. The Hall–Kier alpha value is -1.60. The zero-order chi connectivity index (χ0) is 13.1. The summed E-state index contributed by atoms with van der Waals surface area (Å²) in [6, 6.07) is 5.95. The molecule has 0 atom stereocenters. The van der Waals surface area contributed by atoms with Gasteiger partial charge in [-0.05, 0) is 24.3 Å². The van der Waals surface area contributed by atoms with E-state index in [2.05, 4.69) is 0 Å². The highest BCUT2D eigenvalue weighted by Gasteiger charge is 2.08. The number of primary sulfonamides is 1. The van der Waals surface area contributed by atoms with Crippen LogP contribution < -0.4 is 10.0 Å². The molecule has 0 aromatic heterocycles. The molecule has 0 bridgehead atoms. The zero-order valence-electron chi connectivity index (χ0n) is 9.33. The fourth-order valence-electron chi connectivity index (χ4n) is 1.28. The van der Waals surface area contributed by atoms with E-state index in [1.54, 1.807) is 24.1 Å². The van der Waals surface area contributed by atoms with Crippen LogP contribution in [0.1, 0.15) is 6.42 Å². The second kappa shape index (κ2) is 5.15. The van der Waals surface area contributed by atoms with Crippen molar-refractivity contribution in [2.24, 2.45) is 5.14 Å². The number of hydrogen-bond acceptors (Lipinski definition) is 4. The lowest BCUT2D eigenvalue weighted by molar-refractivity contribution is -0.136. The molecule has 0 aliphatic heterocycles. The van der Waals surface area contributed by atoms with Gasteiger partial charge in [0.05, 0.1) is 11.3 Å². The minimum Gasteiger partial charge on any atom is -0.481 e. The number of nitrogens with zero attached hydrogens (tertiary/aromatic N) is 1. The van der Waals surface area contributed by atoms with Crippen molar-refractivity contribution in [1.82, 2.24) is 0 Å². The molecule has 0 heterocycles. The lowest BCUT2D eigenvalue weighted by Gasteiger charge is -2.18. The van der Waals surface area contributed by atoms with Crippen molar-refractivity contribution in [2.45, 2.75) is 11.3 Å². The van der Waals surface area contributed by atoms with Gasteiger partial charge in [-0.3, -0.25) is 4.79 Å². The van der Waals surface area contributed by atoms with E-state index in [0.717, 1.165) is 5.69 Å². The highest BCUT2D eigenvalue weighted by atomic mass is 32.2. The van der Waals surface area contributed by atoms with Crippen molar-refractivity contribution in [3.8, 4) is 0 Å². The quantitative estimate of drug-likeness (QED) is 0.788. The highest BCUT2D eigenvalue weighted by molar-refractivity contribution is 7.89. The standard InChI is InChI=1S/C10H14N2O4S/c1-12(7-6-10(13)14)8-2-4-9(5-3-8)17(11,15)16/h2-5H,6-7H2,1H3,(H,13,14)(H2,11,15,16). The summed E-state index contributed by atoms with van der Waals surface area (Å²) in [6.07, 6.45) is 0.0213. The Bertz CT molecular complexity index is 496. The van der Waals surface area contributed by atoms with Crippen molar-refractivity contribution in [1.29, 1.82) is 0 Å². The molecule has 0 saturated carbocycles. The highest BCUT2D eigenvalue weighted by Crippen LogP contribution is 2.16. The minimum absolute atomic E-state index is 0.0213. The van der Waals surface area contributed by atoms with Gasteiger partial charge in [0, 0.05) is 19.3 Å². The molecule has 0 aliphatic carbocycles. The van der Waals surface area contributed by atoms with Gasteiger partial charge in [0.15, 0.2) is 0 Å². The predicted octanol–water partition coefficient (Wildman–Crippen LogP) is 0.245. The van der Waals surface area contributed by atoms with Crippen LogP contribution in [0.2, 0.25) is 0 Å². The van der Waals surface area contributed by atoms with Crippen molar-refractivity contribution in [3.05, 3.63) is 24.3 Å². The van der Waals surface area contributed by atoms with Gasteiger partial charge in [0.2, 0.25) is 10.0 Å². The molecule has 94 valence electrons. The van der Waals surface area contributed by atoms with E-state index in [9.17, 15) is 13.2 Å². The third-order valence-corrected chi connectivity index (χ3v) is 3.20. The molecule has 6 nitrogen and oxygen atoms in total. The van der Waals surface area contributed by atoms with Crippen LogP contribution in [-0.2, 0) is 14.8 Å². The molecule has 0 spiro atoms. The molecular weight excluding hydrogens is 244 g/mol. The first-order valence-corrected chi connectivity index (χ1v) is 6.41. The summed E-state index contributed by atoms with van der Waals surface area (Å²) in [5.41, 5.74) is 0.735. The van der Waals surface area contributed by atoms with E-state index in [4.69, 9.17) is 10.2 Å². The summed E-state index contributed by atoms with van der Waals surface area (Å²) in [5, 5.41) is 13.5. The van der Waals surface area contributed by atoms with E-state index in [-0.39, 0.29) is 11.3 Å². The fraction of sp³-hybridized carbons (Fsp3) is 0.300. The lowest BCUT2D eigenvalue weighted by Crippen LogP contribution is -2.21. The molecule has 0 radical (unpaired) electrons. The second-order valence-electron chi connectivity index (χ2n) is 3.60. The molecule has 0 unspecified atom stereocenters. The van der Waals surface area contributed by atoms with Crippen molar-refractivity contribution < 1.29 is 18.3 Å². The Morgan fingerprint density at radius 2 is 1.88 bits per heavy atom. The Morgan fingerprint density at radius 1 is 1.35 bits per heavy atom.